The maximum atomic E-state index is 0. The maximum Gasteiger partial charge on any atom is 1.00 e. The minimum Gasteiger partial charge on any atom is -1.00 e. The van der Waals surface area contributed by atoms with E-state index in [4.69, 9.17) is 0 Å². The molecule has 0 bridgehead atoms. The number of rotatable bonds is 0. The van der Waals surface area contributed by atoms with Crippen LogP contribution in [0.15, 0.2) is 0 Å². The summed E-state index contributed by atoms with van der Waals surface area (Å²) in [6.45, 7) is 0. The molecule has 0 saturated carbocycles. The summed E-state index contributed by atoms with van der Waals surface area (Å²) in [5.41, 5.74) is 0. The molecule has 14 N–H and O–H groups in total. The molecule has 0 atom stereocenters. The SMILES string of the molecule is O.O.O.O.O.O.O.[H-].[H-].[K+].[K+]. The molecule has 0 fully saturated rings. The molecule has 9 heavy (non-hydrogen) atoms. The molecule has 60 valence electrons. The van der Waals surface area contributed by atoms with Gasteiger partial charge in [-0.3, -0.25) is 0 Å². The van der Waals surface area contributed by atoms with Crippen molar-refractivity contribution in [2.24, 2.45) is 0 Å². The van der Waals surface area contributed by atoms with E-state index in [2.05, 4.69) is 0 Å². The minimum atomic E-state index is 0. The monoisotopic (exact) mass is 206 g/mol. The van der Waals surface area contributed by atoms with Crippen molar-refractivity contribution in [3.8, 4) is 0 Å². The van der Waals surface area contributed by atoms with Crippen molar-refractivity contribution >= 4 is 0 Å². The van der Waals surface area contributed by atoms with Gasteiger partial charge in [0.1, 0.15) is 0 Å². The predicted octanol–water partition coefficient (Wildman–Crippen LogP) is -11.5. The van der Waals surface area contributed by atoms with Gasteiger partial charge in [-0.15, -0.1) is 0 Å². The largest absolute Gasteiger partial charge is 1.00 e. The third-order valence-corrected chi connectivity index (χ3v) is 0. The molecule has 0 radical (unpaired) electrons. The van der Waals surface area contributed by atoms with Gasteiger partial charge in [0.05, 0.1) is 0 Å². The van der Waals surface area contributed by atoms with Gasteiger partial charge < -0.3 is 41.2 Å². The fourth-order valence-corrected chi connectivity index (χ4v) is 0. The van der Waals surface area contributed by atoms with Crippen LogP contribution in [0.5, 0.6) is 0 Å². The molecule has 0 unspecified atom stereocenters. The molecule has 0 saturated heterocycles. The average molecular weight is 206 g/mol. The molecule has 0 amide bonds. The van der Waals surface area contributed by atoms with E-state index < -0.39 is 0 Å². The van der Waals surface area contributed by atoms with Crippen LogP contribution in [0.2, 0.25) is 0 Å². The van der Waals surface area contributed by atoms with Crippen LogP contribution in [0.3, 0.4) is 0 Å². The second kappa shape index (κ2) is 123. The fraction of sp³-hybridized carbons (Fsp3) is 0. The van der Waals surface area contributed by atoms with Crippen LogP contribution in [0, 0.1) is 0 Å². The zero-order chi connectivity index (χ0) is 0. The summed E-state index contributed by atoms with van der Waals surface area (Å²) in [7, 11) is 0. The van der Waals surface area contributed by atoms with Crippen LogP contribution >= 0.6 is 0 Å². The summed E-state index contributed by atoms with van der Waals surface area (Å²) in [6.07, 6.45) is 0. The van der Waals surface area contributed by atoms with E-state index in [0.29, 0.717) is 0 Å². The van der Waals surface area contributed by atoms with Crippen molar-refractivity contribution < 1.29 is 144 Å². The van der Waals surface area contributed by atoms with Gasteiger partial charge in [-0.05, 0) is 0 Å². The van der Waals surface area contributed by atoms with E-state index in [0.717, 1.165) is 0 Å². The average Bonchev–Trinajstić information content (AvgIpc) is 0. The zero-order valence-corrected chi connectivity index (χ0v) is 11.7. The number of hydrogen-bond donors (Lipinski definition) is 0. The van der Waals surface area contributed by atoms with Crippen molar-refractivity contribution in [3.63, 3.8) is 0 Å². The standard InChI is InChI=1S/2K.7H2O.2H/h;;7*1H2;;/q2*+1;;;;;;;;2*-1. The van der Waals surface area contributed by atoms with Gasteiger partial charge in [0.15, 0.2) is 0 Å². The molecular formula is H16K2O7. The van der Waals surface area contributed by atoms with Crippen LogP contribution in [-0.4, -0.2) is 38.3 Å². The van der Waals surface area contributed by atoms with Crippen LogP contribution in [0.25, 0.3) is 0 Å². The van der Waals surface area contributed by atoms with Crippen LogP contribution in [-0.2, 0) is 0 Å². The zero-order valence-electron chi connectivity index (χ0n) is 7.50. The van der Waals surface area contributed by atoms with Crippen LogP contribution < -0.4 is 103 Å². The Kier molecular flexibility index (Phi) is 2200. The van der Waals surface area contributed by atoms with Gasteiger partial charge in [0, 0.05) is 0 Å². The Hall–Kier alpha value is 2.99. The van der Waals surface area contributed by atoms with Crippen molar-refractivity contribution in [1.29, 1.82) is 0 Å². The van der Waals surface area contributed by atoms with Gasteiger partial charge in [-0.25, -0.2) is 0 Å². The van der Waals surface area contributed by atoms with Gasteiger partial charge in [-0.1, -0.05) is 0 Å². The van der Waals surface area contributed by atoms with Gasteiger partial charge in [0.25, 0.3) is 0 Å². The second-order valence-electron chi connectivity index (χ2n) is 0. The van der Waals surface area contributed by atoms with Crippen molar-refractivity contribution in [3.05, 3.63) is 0 Å². The van der Waals surface area contributed by atoms with E-state index in [1.807, 2.05) is 0 Å². The minimum absolute atomic E-state index is 0. The molecule has 0 aliphatic carbocycles. The Bertz CT molecular complexity index is 14.4. The Morgan fingerprint density at radius 1 is 0.333 bits per heavy atom. The maximum absolute atomic E-state index is 0. The summed E-state index contributed by atoms with van der Waals surface area (Å²) in [4.78, 5) is 0. The molecule has 0 aromatic rings. The summed E-state index contributed by atoms with van der Waals surface area (Å²) in [6, 6.07) is 0. The first-order valence-electron chi connectivity index (χ1n) is 0. The van der Waals surface area contributed by atoms with E-state index >= 15 is 0 Å². The van der Waals surface area contributed by atoms with E-state index in [1.54, 1.807) is 0 Å². The van der Waals surface area contributed by atoms with E-state index in [9.17, 15) is 0 Å². The molecule has 7 nitrogen and oxygen atoms in total. The Balaban J connectivity index is 0. The summed E-state index contributed by atoms with van der Waals surface area (Å²) in [5, 5.41) is 0. The molecule has 0 spiro atoms. The first-order chi connectivity index (χ1) is 0. The fourth-order valence-electron chi connectivity index (χ4n) is 0. The van der Waals surface area contributed by atoms with Gasteiger partial charge in [-0.2, -0.15) is 0 Å². The number of hydrogen-bond acceptors (Lipinski definition) is 0. The second-order valence-corrected chi connectivity index (χ2v) is 0. The van der Waals surface area contributed by atoms with Crippen LogP contribution in [0.4, 0.5) is 0 Å². The smallest absolute Gasteiger partial charge is 1.00 e. The predicted molar refractivity (Wildman–Crippen MR) is 27.5 cm³/mol. The summed E-state index contributed by atoms with van der Waals surface area (Å²) in [5.74, 6) is 0. The van der Waals surface area contributed by atoms with E-state index in [1.165, 1.54) is 0 Å². The molecule has 9 heteroatoms. The molecule has 0 heterocycles. The molecule has 0 aliphatic heterocycles. The molecule has 0 aromatic carbocycles. The Labute approximate surface area is 141 Å². The quantitative estimate of drug-likeness (QED) is 0.337. The Morgan fingerprint density at radius 3 is 0.333 bits per heavy atom. The molecular weight excluding hydrogens is 190 g/mol. The molecule has 0 rings (SSSR count). The Morgan fingerprint density at radius 2 is 0.333 bits per heavy atom. The first kappa shape index (κ1) is 162. The van der Waals surface area contributed by atoms with Crippen molar-refractivity contribution in [1.82, 2.24) is 0 Å². The van der Waals surface area contributed by atoms with Gasteiger partial charge >= 0.3 is 103 Å². The van der Waals surface area contributed by atoms with E-state index in [-0.39, 0.29) is 144 Å². The summed E-state index contributed by atoms with van der Waals surface area (Å²) < 4.78 is 0. The topological polar surface area (TPSA) is 220 Å². The normalized spacial score (nSPS) is 0. The molecule has 0 aromatic heterocycles. The van der Waals surface area contributed by atoms with Crippen LogP contribution in [0.1, 0.15) is 2.85 Å². The third-order valence-electron chi connectivity index (χ3n) is 0. The third kappa shape index (κ3) is 99.3. The van der Waals surface area contributed by atoms with Crippen molar-refractivity contribution in [2.45, 2.75) is 0 Å². The van der Waals surface area contributed by atoms with Crippen molar-refractivity contribution in [2.75, 3.05) is 0 Å². The molecule has 0 aliphatic rings. The van der Waals surface area contributed by atoms with Gasteiger partial charge in [0.2, 0.25) is 0 Å². The first-order valence-corrected chi connectivity index (χ1v) is 0. The summed E-state index contributed by atoms with van der Waals surface area (Å²) >= 11 is 0.